The van der Waals surface area contributed by atoms with Crippen LogP contribution < -0.4 is 16.4 Å². The number of rotatable bonds is 4. The molecule has 3 aromatic rings. The Morgan fingerprint density at radius 3 is 2.48 bits per heavy atom. The van der Waals surface area contributed by atoms with E-state index < -0.39 is 0 Å². The second-order valence-corrected chi connectivity index (χ2v) is 6.87. The zero-order valence-corrected chi connectivity index (χ0v) is 15.7. The topological polar surface area (TPSA) is 104 Å². The Morgan fingerprint density at radius 2 is 1.76 bits per heavy atom. The standard InChI is InChI=1S/C23H19N3O3/c1-13-2-8-17(11-21(13)27)25-12-19-18-10-15(5-9-20(18)26-23(19)29)22(28)14-3-6-16(24)7-4-14/h2-12,25,27H,24H2,1H3,(H,26,29). The molecule has 0 bridgehead atoms. The van der Waals surface area contributed by atoms with Gasteiger partial charge >= 0.3 is 0 Å². The number of ketones is 1. The quantitative estimate of drug-likeness (QED) is 0.310. The average Bonchev–Trinajstić information content (AvgIpc) is 3.03. The first kappa shape index (κ1) is 18.3. The molecular weight excluding hydrogens is 366 g/mol. The van der Waals surface area contributed by atoms with Crippen LogP contribution in [0, 0.1) is 6.92 Å². The fourth-order valence-electron chi connectivity index (χ4n) is 3.13. The first-order chi connectivity index (χ1) is 13.9. The molecule has 0 radical (unpaired) electrons. The lowest BCUT2D eigenvalue weighted by Crippen LogP contribution is -2.05. The van der Waals surface area contributed by atoms with Gasteiger partial charge in [-0.1, -0.05) is 6.07 Å². The molecule has 1 heterocycles. The molecule has 3 aromatic carbocycles. The molecule has 1 amide bonds. The van der Waals surface area contributed by atoms with Crippen LogP contribution in [0.25, 0.3) is 5.57 Å². The van der Waals surface area contributed by atoms with Crippen molar-refractivity contribution < 1.29 is 14.7 Å². The number of phenols is 1. The fourth-order valence-corrected chi connectivity index (χ4v) is 3.13. The van der Waals surface area contributed by atoms with Crippen LogP contribution in [0.3, 0.4) is 0 Å². The molecule has 0 saturated carbocycles. The zero-order valence-electron chi connectivity index (χ0n) is 15.7. The number of hydrogen-bond donors (Lipinski definition) is 4. The Morgan fingerprint density at radius 1 is 1.03 bits per heavy atom. The van der Waals surface area contributed by atoms with Crippen LogP contribution in [0.15, 0.2) is 66.9 Å². The van der Waals surface area contributed by atoms with Gasteiger partial charge in [-0.05, 0) is 61.0 Å². The molecule has 5 N–H and O–H groups in total. The number of benzene rings is 3. The number of nitrogen functional groups attached to an aromatic ring is 1. The van der Waals surface area contributed by atoms with E-state index in [0.717, 1.165) is 5.56 Å². The molecule has 0 atom stereocenters. The number of amides is 1. The van der Waals surface area contributed by atoms with Gasteiger partial charge in [-0.15, -0.1) is 0 Å². The van der Waals surface area contributed by atoms with Crippen molar-refractivity contribution in [3.8, 4) is 5.75 Å². The maximum absolute atomic E-state index is 12.8. The minimum absolute atomic E-state index is 0.150. The Bertz CT molecular complexity index is 1160. The summed E-state index contributed by atoms with van der Waals surface area (Å²) in [6, 6.07) is 17.0. The van der Waals surface area contributed by atoms with Crippen molar-refractivity contribution in [2.24, 2.45) is 0 Å². The lowest BCUT2D eigenvalue weighted by molar-refractivity contribution is -0.110. The minimum Gasteiger partial charge on any atom is -0.508 e. The van der Waals surface area contributed by atoms with E-state index in [1.54, 1.807) is 73.8 Å². The maximum atomic E-state index is 12.8. The highest BCUT2D eigenvalue weighted by molar-refractivity contribution is 6.32. The third-order valence-electron chi connectivity index (χ3n) is 4.83. The zero-order chi connectivity index (χ0) is 20.5. The fraction of sp³-hybridized carbons (Fsp3) is 0.0435. The molecule has 0 spiro atoms. The van der Waals surface area contributed by atoms with Crippen LogP contribution in [0.4, 0.5) is 17.1 Å². The Labute approximate surface area is 167 Å². The van der Waals surface area contributed by atoms with Crippen molar-refractivity contribution in [1.82, 2.24) is 0 Å². The lowest BCUT2D eigenvalue weighted by Gasteiger charge is -2.06. The number of phenolic OH excluding ortho intramolecular Hbond substituents is 1. The van der Waals surface area contributed by atoms with Gasteiger partial charge < -0.3 is 21.5 Å². The molecule has 1 aliphatic heterocycles. The SMILES string of the molecule is Cc1ccc(NC=C2C(=O)Nc3ccc(C(=O)c4ccc(N)cc4)cc32)cc1O. The summed E-state index contributed by atoms with van der Waals surface area (Å²) in [4.78, 5) is 25.2. The Hall–Kier alpha value is -4.06. The van der Waals surface area contributed by atoms with Gasteiger partial charge in [0.25, 0.3) is 5.91 Å². The Kier molecular flexibility index (Phi) is 4.52. The van der Waals surface area contributed by atoms with Crippen LogP contribution in [-0.4, -0.2) is 16.8 Å². The summed E-state index contributed by atoms with van der Waals surface area (Å²) in [5.74, 6) is -0.245. The van der Waals surface area contributed by atoms with Crippen LogP contribution in [0.2, 0.25) is 0 Å². The third kappa shape index (κ3) is 3.55. The van der Waals surface area contributed by atoms with E-state index >= 15 is 0 Å². The highest BCUT2D eigenvalue weighted by atomic mass is 16.3. The number of nitrogens with one attached hydrogen (secondary N) is 2. The smallest absolute Gasteiger partial charge is 0.257 e. The van der Waals surface area contributed by atoms with E-state index in [2.05, 4.69) is 10.6 Å². The Balaban J connectivity index is 1.65. The van der Waals surface area contributed by atoms with E-state index in [1.165, 1.54) is 0 Å². The predicted molar refractivity (Wildman–Crippen MR) is 114 cm³/mol. The van der Waals surface area contributed by atoms with Gasteiger partial charge in [0, 0.05) is 46.0 Å². The van der Waals surface area contributed by atoms with E-state index in [1.807, 2.05) is 0 Å². The van der Waals surface area contributed by atoms with Gasteiger partial charge in [0.05, 0.1) is 5.57 Å². The molecule has 0 aliphatic carbocycles. The van der Waals surface area contributed by atoms with E-state index in [4.69, 9.17) is 5.73 Å². The largest absolute Gasteiger partial charge is 0.508 e. The van der Waals surface area contributed by atoms with Crippen molar-refractivity contribution in [2.45, 2.75) is 6.92 Å². The molecule has 4 rings (SSSR count). The predicted octanol–water partition coefficient (Wildman–Crippen LogP) is 3.92. The summed E-state index contributed by atoms with van der Waals surface area (Å²) in [5, 5.41) is 15.7. The third-order valence-corrected chi connectivity index (χ3v) is 4.83. The number of hydrogen-bond acceptors (Lipinski definition) is 5. The molecule has 0 saturated heterocycles. The molecule has 144 valence electrons. The summed E-state index contributed by atoms with van der Waals surface area (Å²) in [6.07, 6.45) is 1.57. The summed E-state index contributed by atoms with van der Waals surface area (Å²) in [6.45, 7) is 1.80. The summed E-state index contributed by atoms with van der Waals surface area (Å²) in [7, 11) is 0. The molecule has 6 nitrogen and oxygen atoms in total. The van der Waals surface area contributed by atoms with Gasteiger partial charge in [0.2, 0.25) is 0 Å². The van der Waals surface area contributed by atoms with Crippen molar-refractivity contribution in [3.05, 3.63) is 89.1 Å². The molecule has 0 aromatic heterocycles. The molecule has 0 fully saturated rings. The monoisotopic (exact) mass is 385 g/mol. The van der Waals surface area contributed by atoms with Crippen LogP contribution in [0.5, 0.6) is 5.75 Å². The minimum atomic E-state index is -0.263. The van der Waals surface area contributed by atoms with Crippen LogP contribution >= 0.6 is 0 Å². The molecule has 6 heteroatoms. The van der Waals surface area contributed by atoms with E-state index in [0.29, 0.717) is 39.3 Å². The van der Waals surface area contributed by atoms with Crippen molar-refractivity contribution in [1.29, 1.82) is 0 Å². The summed E-state index contributed by atoms with van der Waals surface area (Å²) >= 11 is 0. The second-order valence-electron chi connectivity index (χ2n) is 6.87. The first-order valence-corrected chi connectivity index (χ1v) is 9.05. The summed E-state index contributed by atoms with van der Waals surface area (Å²) < 4.78 is 0. The van der Waals surface area contributed by atoms with E-state index in [-0.39, 0.29) is 17.4 Å². The van der Waals surface area contributed by atoms with Gasteiger partial charge in [0.15, 0.2) is 5.78 Å². The normalized spacial score (nSPS) is 13.8. The van der Waals surface area contributed by atoms with Crippen LogP contribution in [-0.2, 0) is 4.79 Å². The van der Waals surface area contributed by atoms with Gasteiger partial charge in [0.1, 0.15) is 5.75 Å². The average molecular weight is 385 g/mol. The number of aromatic hydroxyl groups is 1. The van der Waals surface area contributed by atoms with Crippen LogP contribution in [0.1, 0.15) is 27.0 Å². The number of aryl methyl sites for hydroxylation is 1. The van der Waals surface area contributed by atoms with E-state index in [9.17, 15) is 14.7 Å². The molecule has 1 aliphatic rings. The van der Waals surface area contributed by atoms with Crippen molar-refractivity contribution in [3.63, 3.8) is 0 Å². The number of nitrogens with two attached hydrogens (primary N) is 1. The van der Waals surface area contributed by atoms with Gasteiger partial charge in [-0.3, -0.25) is 9.59 Å². The number of carbonyl (C=O) groups is 2. The van der Waals surface area contributed by atoms with Gasteiger partial charge in [-0.25, -0.2) is 0 Å². The molecular formula is C23H19N3O3. The maximum Gasteiger partial charge on any atom is 0.257 e. The molecule has 29 heavy (non-hydrogen) atoms. The number of carbonyl (C=O) groups excluding carboxylic acids is 2. The lowest BCUT2D eigenvalue weighted by atomic mass is 9.98. The van der Waals surface area contributed by atoms with Crippen molar-refractivity contribution in [2.75, 3.05) is 16.4 Å². The highest BCUT2D eigenvalue weighted by Gasteiger charge is 2.25. The van der Waals surface area contributed by atoms with Gasteiger partial charge in [-0.2, -0.15) is 0 Å². The number of fused-ring (bicyclic) bond motifs is 1. The molecule has 0 unspecified atom stereocenters. The van der Waals surface area contributed by atoms with Crippen molar-refractivity contribution >= 4 is 34.3 Å². The summed E-state index contributed by atoms with van der Waals surface area (Å²) in [5.41, 5.74) is 10.4. The highest BCUT2D eigenvalue weighted by Crippen LogP contribution is 2.33. The first-order valence-electron chi connectivity index (χ1n) is 9.05. The number of anilines is 3. The second kappa shape index (κ2) is 7.16.